The van der Waals surface area contributed by atoms with E-state index in [9.17, 15) is 5.11 Å². The molecule has 0 aromatic carbocycles. The van der Waals surface area contributed by atoms with Crippen LogP contribution in [0.2, 0.25) is 0 Å². The summed E-state index contributed by atoms with van der Waals surface area (Å²) in [6.07, 6.45) is 1.56. The van der Waals surface area contributed by atoms with Crippen LogP contribution in [0.1, 0.15) is 36.1 Å². The standard InChI is InChI=1S/C22H24N4O2/c1-15-7-4-10-20(23-15)17(3)26-28-12-6-9-18-8-5-11-21(25-18)22-14-19(27)13-16(2)24-22/h4-5,7-8,10-11,13-14H,6,9,12H2,1-3H3,(H,24,27)/b26-17+. The van der Waals surface area contributed by atoms with E-state index < -0.39 is 0 Å². The van der Waals surface area contributed by atoms with Crippen molar-refractivity contribution in [3.8, 4) is 17.1 Å². The van der Waals surface area contributed by atoms with Crippen molar-refractivity contribution in [1.82, 2.24) is 15.0 Å². The van der Waals surface area contributed by atoms with Crippen LogP contribution in [0.25, 0.3) is 11.4 Å². The lowest BCUT2D eigenvalue weighted by atomic mass is 10.1. The maximum absolute atomic E-state index is 9.77. The third kappa shape index (κ3) is 5.36. The molecule has 3 aromatic heterocycles. The Morgan fingerprint density at radius 1 is 0.964 bits per heavy atom. The number of aryl methyl sites for hydroxylation is 3. The van der Waals surface area contributed by atoms with E-state index in [0.29, 0.717) is 12.3 Å². The Balaban J connectivity index is 1.55. The Kier molecular flexibility index (Phi) is 6.32. The molecule has 0 atom stereocenters. The molecule has 0 saturated heterocycles. The fourth-order valence-corrected chi connectivity index (χ4v) is 2.79. The van der Waals surface area contributed by atoms with Gasteiger partial charge in [-0.05, 0) is 57.9 Å². The van der Waals surface area contributed by atoms with Gasteiger partial charge in [0, 0.05) is 29.2 Å². The predicted molar refractivity (Wildman–Crippen MR) is 109 cm³/mol. The summed E-state index contributed by atoms with van der Waals surface area (Å²) in [7, 11) is 0. The summed E-state index contributed by atoms with van der Waals surface area (Å²) in [5, 5.41) is 13.9. The molecule has 0 saturated carbocycles. The second-order valence-corrected chi connectivity index (χ2v) is 6.64. The van der Waals surface area contributed by atoms with E-state index in [-0.39, 0.29) is 5.75 Å². The first-order valence-corrected chi connectivity index (χ1v) is 9.26. The lowest BCUT2D eigenvalue weighted by Gasteiger charge is -2.06. The summed E-state index contributed by atoms with van der Waals surface area (Å²) in [5.41, 5.74) is 5.65. The van der Waals surface area contributed by atoms with Gasteiger partial charge in [0.15, 0.2) is 0 Å². The molecule has 1 N–H and O–H groups in total. The van der Waals surface area contributed by atoms with Crippen molar-refractivity contribution in [2.24, 2.45) is 5.16 Å². The van der Waals surface area contributed by atoms with Gasteiger partial charge in [-0.15, -0.1) is 0 Å². The van der Waals surface area contributed by atoms with Gasteiger partial charge >= 0.3 is 0 Å². The van der Waals surface area contributed by atoms with Crippen LogP contribution in [0.5, 0.6) is 5.75 Å². The number of aromatic hydroxyl groups is 1. The van der Waals surface area contributed by atoms with Gasteiger partial charge in [0.1, 0.15) is 18.1 Å². The first-order chi connectivity index (χ1) is 13.5. The Morgan fingerprint density at radius 2 is 1.79 bits per heavy atom. The van der Waals surface area contributed by atoms with Crippen LogP contribution in [-0.2, 0) is 11.3 Å². The molecule has 0 unspecified atom stereocenters. The Labute approximate surface area is 165 Å². The molecule has 0 amide bonds. The van der Waals surface area contributed by atoms with Gasteiger partial charge in [-0.25, -0.2) is 0 Å². The minimum Gasteiger partial charge on any atom is -0.508 e. The van der Waals surface area contributed by atoms with Crippen LogP contribution in [0.15, 0.2) is 53.7 Å². The molecule has 0 aliphatic rings. The zero-order valence-corrected chi connectivity index (χ0v) is 16.4. The van der Waals surface area contributed by atoms with Crippen LogP contribution >= 0.6 is 0 Å². The van der Waals surface area contributed by atoms with Gasteiger partial charge in [-0.1, -0.05) is 17.3 Å². The average Bonchev–Trinajstić information content (AvgIpc) is 2.67. The summed E-state index contributed by atoms with van der Waals surface area (Å²) in [6, 6.07) is 14.9. The van der Waals surface area contributed by atoms with Crippen molar-refractivity contribution >= 4 is 5.71 Å². The van der Waals surface area contributed by atoms with Crippen molar-refractivity contribution in [3.63, 3.8) is 0 Å². The van der Waals surface area contributed by atoms with Gasteiger partial charge < -0.3 is 9.94 Å². The number of nitrogens with zero attached hydrogens (tertiary/aromatic N) is 4. The number of pyridine rings is 3. The highest BCUT2D eigenvalue weighted by molar-refractivity contribution is 5.96. The van der Waals surface area contributed by atoms with Crippen molar-refractivity contribution in [3.05, 3.63) is 71.3 Å². The largest absolute Gasteiger partial charge is 0.508 e. The highest BCUT2D eigenvalue weighted by Gasteiger charge is 2.06. The molecule has 144 valence electrons. The van der Waals surface area contributed by atoms with Gasteiger partial charge in [-0.3, -0.25) is 15.0 Å². The molecular weight excluding hydrogens is 352 g/mol. The molecule has 3 heterocycles. The van der Waals surface area contributed by atoms with E-state index in [1.54, 1.807) is 12.1 Å². The molecule has 3 rings (SSSR count). The molecule has 0 aliphatic heterocycles. The number of hydrogen-bond acceptors (Lipinski definition) is 6. The average molecular weight is 376 g/mol. The lowest BCUT2D eigenvalue weighted by molar-refractivity contribution is 0.141. The normalized spacial score (nSPS) is 11.5. The molecule has 6 heteroatoms. The third-order valence-corrected chi connectivity index (χ3v) is 4.14. The summed E-state index contributed by atoms with van der Waals surface area (Å²) in [4.78, 5) is 18.9. The summed E-state index contributed by atoms with van der Waals surface area (Å²) in [5.74, 6) is 0.194. The minimum absolute atomic E-state index is 0.194. The molecule has 0 aliphatic carbocycles. The summed E-state index contributed by atoms with van der Waals surface area (Å²) < 4.78 is 0. The van der Waals surface area contributed by atoms with Crippen LogP contribution in [0, 0.1) is 13.8 Å². The van der Waals surface area contributed by atoms with E-state index >= 15 is 0 Å². The maximum atomic E-state index is 9.77. The first kappa shape index (κ1) is 19.5. The third-order valence-electron chi connectivity index (χ3n) is 4.14. The van der Waals surface area contributed by atoms with Crippen molar-refractivity contribution in [1.29, 1.82) is 0 Å². The van der Waals surface area contributed by atoms with Gasteiger partial charge in [0.25, 0.3) is 0 Å². The molecule has 0 bridgehead atoms. The van der Waals surface area contributed by atoms with E-state index in [4.69, 9.17) is 4.84 Å². The molecular formula is C22H24N4O2. The summed E-state index contributed by atoms with van der Waals surface area (Å²) >= 11 is 0. The zero-order chi connectivity index (χ0) is 19.9. The highest BCUT2D eigenvalue weighted by atomic mass is 16.6. The number of aromatic nitrogens is 3. The molecule has 0 spiro atoms. The number of oxime groups is 1. The number of rotatable bonds is 7. The van der Waals surface area contributed by atoms with E-state index in [1.807, 2.05) is 57.2 Å². The SMILES string of the molecule is C/C(=N\OCCCc1cccc(-c2cc(O)cc(C)n2)n1)c1cccc(C)n1. The Hall–Kier alpha value is -3.28. The fraction of sp³-hybridized carbons (Fsp3) is 0.273. The predicted octanol–water partition coefficient (Wildman–Crippen LogP) is 4.23. The quantitative estimate of drug-likeness (QED) is 0.379. The van der Waals surface area contributed by atoms with Gasteiger partial charge in [-0.2, -0.15) is 0 Å². The molecule has 3 aromatic rings. The maximum Gasteiger partial charge on any atom is 0.119 e. The second-order valence-electron chi connectivity index (χ2n) is 6.64. The summed E-state index contributed by atoms with van der Waals surface area (Å²) in [6.45, 7) is 6.18. The van der Waals surface area contributed by atoms with Crippen molar-refractivity contribution in [2.75, 3.05) is 6.61 Å². The molecule has 0 radical (unpaired) electrons. The fourth-order valence-electron chi connectivity index (χ4n) is 2.79. The van der Waals surface area contributed by atoms with Crippen LogP contribution < -0.4 is 0 Å². The van der Waals surface area contributed by atoms with E-state index in [2.05, 4.69) is 20.1 Å². The van der Waals surface area contributed by atoms with Crippen molar-refractivity contribution < 1.29 is 9.94 Å². The van der Waals surface area contributed by atoms with Crippen LogP contribution in [0.3, 0.4) is 0 Å². The zero-order valence-electron chi connectivity index (χ0n) is 16.4. The number of hydrogen-bond donors (Lipinski definition) is 1. The highest BCUT2D eigenvalue weighted by Crippen LogP contribution is 2.21. The second kappa shape index (κ2) is 9.08. The van der Waals surface area contributed by atoms with Gasteiger partial charge in [0.05, 0.1) is 17.1 Å². The molecule has 6 nitrogen and oxygen atoms in total. The smallest absolute Gasteiger partial charge is 0.119 e. The molecule has 0 fully saturated rings. The lowest BCUT2D eigenvalue weighted by Crippen LogP contribution is -2.02. The topological polar surface area (TPSA) is 80.5 Å². The first-order valence-electron chi connectivity index (χ1n) is 9.26. The van der Waals surface area contributed by atoms with Crippen LogP contribution in [-0.4, -0.2) is 32.4 Å². The Bertz CT molecular complexity index is 966. The Morgan fingerprint density at radius 3 is 2.57 bits per heavy atom. The van der Waals surface area contributed by atoms with Crippen molar-refractivity contribution in [2.45, 2.75) is 33.6 Å². The van der Waals surface area contributed by atoms with E-state index in [1.165, 1.54) is 0 Å². The monoisotopic (exact) mass is 376 g/mol. The van der Waals surface area contributed by atoms with Gasteiger partial charge in [0.2, 0.25) is 0 Å². The molecule has 28 heavy (non-hydrogen) atoms. The minimum atomic E-state index is 0.194. The van der Waals surface area contributed by atoms with E-state index in [0.717, 1.165) is 47.0 Å². The van der Waals surface area contributed by atoms with Crippen LogP contribution in [0.4, 0.5) is 0 Å².